The van der Waals surface area contributed by atoms with Crippen molar-refractivity contribution in [2.24, 2.45) is 0 Å². The van der Waals surface area contributed by atoms with Crippen molar-refractivity contribution in [1.29, 1.82) is 0 Å². The molecule has 0 aliphatic heterocycles. The minimum absolute atomic E-state index is 0.0544. The second kappa shape index (κ2) is 7.12. The molecule has 116 valence electrons. The molecule has 2 rings (SSSR count). The van der Waals surface area contributed by atoms with Crippen molar-refractivity contribution in [3.05, 3.63) is 65.2 Å². The molecule has 0 saturated heterocycles. The minimum Gasteiger partial charge on any atom is -0.497 e. The van der Waals surface area contributed by atoms with Crippen LogP contribution in [0.4, 0.5) is 0 Å². The third-order valence-corrected chi connectivity index (χ3v) is 4.02. The summed E-state index contributed by atoms with van der Waals surface area (Å²) < 4.78 is 5.20. The standard InChI is InChI=1S/C19H23NO2/c1-14-8-10-17(11-9-14)15(2)20(3)19(21)13-16-6-5-7-18(12-16)22-4/h5-12,15H,13H2,1-4H3. The van der Waals surface area contributed by atoms with E-state index in [2.05, 4.69) is 31.2 Å². The number of rotatable bonds is 5. The Labute approximate surface area is 132 Å². The molecule has 0 fully saturated rings. The zero-order valence-corrected chi connectivity index (χ0v) is 13.7. The summed E-state index contributed by atoms with van der Waals surface area (Å²) in [4.78, 5) is 14.3. The summed E-state index contributed by atoms with van der Waals surface area (Å²) in [5, 5.41) is 0. The maximum Gasteiger partial charge on any atom is 0.227 e. The summed E-state index contributed by atoms with van der Waals surface area (Å²) in [5.41, 5.74) is 3.33. The Morgan fingerprint density at radius 3 is 2.50 bits per heavy atom. The minimum atomic E-state index is 0.0544. The van der Waals surface area contributed by atoms with Crippen LogP contribution >= 0.6 is 0 Å². The number of carbonyl (C=O) groups excluding carboxylic acids is 1. The van der Waals surface area contributed by atoms with Gasteiger partial charge in [0.1, 0.15) is 5.75 Å². The fourth-order valence-electron chi connectivity index (χ4n) is 2.37. The Morgan fingerprint density at radius 1 is 1.18 bits per heavy atom. The second-order valence-corrected chi connectivity index (χ2v) is 5.62. The fraction of sp³-hybridized carbons (Fsp3) is 0.316. The number of methoxy groups -OCH3 is 1. The zero-order valence-electron chi connectivity index (χ0n) is 13.7. The number of hydrogen-bond acceptors (Lipinski definition) is 2. The molecule has 0 aromatic heterocycles. The predicted octanol–water partition coefficient (Wildman–Crippen LogP) is 3.77. The van der Waals surface area contributed by atoms with E-state index in [9.17, 15) is 4.79 Å². The lowest BCUT2D eigenvalue weighted by atomic mass is 10.0. The summed E-state index contributed by atoms with van der Waals surface area (Å²) in [5.74, 6) is 0.876. The maximum absolute atomic E-state index is 12.5. The summed E-state index contributed by atoms with van der Waals surface area (Å²) in [6, 6.07) is 16.0. The van der Waals surface area contributed by atoms with Crippen LogP contribution in [0.25, 0.3) is 0 Å². The molecule has 0 spiro atoms. The topological polar surface area (TPSA) is 29.5 Å². The van der Waals surface area contributed by atoms with Gasteiger partial charge in [-0.05, 0) is 37.1 Å². The lowest BCUT2D eigenvalue weighted by molar-refractivity contribution is -0.131. The summed E-state index contributed by atoms with van der Waals surface area (Å²) in [6.07, 6.45) is 0.379. The van der Waals surface area contributed by atoms with E-state index in [1.807, 2.05) is 38.2 Å². The molecule has 0 radical (unpaired) electrons. The highest BCUT2D eigenvalue weighted by Gasteiger charge is 2.17. The molecule has 0 heterocycles. The molecule has 3 nitrogen and oxygen atoms in total. The van der Waals surface area contributed by atoms with Gasteiger partial charge in [0.2, 0.25) is 5.91 Å². The lowest BCUT2D eigenvalue weighted by Gasteiger charge is -2.25. The molecule has 1 unspecified atom stereocenters. The van der Waals surface area contributed by atoms with Gasteiger partial charge in [-0.25, -0.2) is 0 Å². The van der Waals surface area contributed by atoms with Crippen LogP contribution < -0.4 is 4.74 Å². The van der Waals surface area contributed by atoms with E-state index >= 15 is 0 Å². The van der Waals surface area contributed by atoms with Gasteiger partial charge in [-0.1, -0.05) is 42.0 Å². The molecule has 1 atom stereocenters. The maximum atomic E-state index is 12.5. The number of ether oxygens (including phenoxy) is 1. The Bertz CT molecular complexity index is 634. The first-order valence-electron chi connectivity index (χ1n) is 7.46. The predicted molar refractivity (Wildman–Crippen MR) is 89.1 cm³/mol. The Hall–Kier alpha value is -2.29. The van der Waals surface area contributed by atoms with E-state index in [1.165, 1.54) is 5.56 Å². The van der Waals surface area contributed by atoms with E-state index in [0.29, 0.717) is 6.42 Å². The summed E-state index contributed by atoms with van der Waals surface area (Å²) >= 11 is 0. The summed E-state index contributed by atoms with van der Waals surface area (Å²) in [6.45, 7) is 4.11. The van der Waals surface area contributed by atoms with Gasteiger partial charge in [0.05, 0.1) is 19.6 Å². The Balaban J connectivity index is 2.06. The monoisotopic (exact) mass is 297 g/mol. The fourth-order valence-corrected chi connectivity index (χ4v) is 2.37. The van der Waals surface area contributed by atoms with E-state index in [-0.39, 0.29) is 11.9 Å². The van der Waals surface area contributed by atoms with Crippen LogP contribution in [0.3, 0.4) is 0 Å². The average molecular weight is 297 g/mol. The first-order valence-corrected chi connectivity index (χ1v) is 7.46. The Morgan fingerprint density at radius 2 is 1.86 bits per heavy atom. The second-order valence-electron chi connectivity index (χ2n) is 5.62. The molecule has 1 amide bonds. The number of nitrogens with zero attached hydrogens (tertiary/aromatic N) is 1. The molecule has 0 aliphatic rings. The van der Waals surface area contributed by atoms with Gasteiger partial charge in [-0.2, -0.15) is 0 Å². The third-order valence-electron chi connectivity index (χ3n) is 4.02. The van der Waals surface area contributed by atoms with Crippen LogP contribution in [0.2, 0.25) is 0 Å². The molecule has 2 aromatic rings. The zero-order chi connectivity index (χ0) is 16.1. The number of benzene rings is 2. The lowest BCUT2D eigenvalue weighted by Crippen LogP contribution is -2.30. The van der Waals surface area contributed by atoms with Gasteiger partial charge in [0.25, 0.3) is 0 Å². The largest absolute Gasteiger partial charge is 0.497 e. The van der Waals surface area contributed by atoms with Crippen LogP contribution in [0.1, 0.15) is 29.7 Å². The molecular weight excluding hydrogens is 274 g/mol. The van der Waals surface area contributed by atoms with Gasteiger partial charge >= 0.3 is 0 Å². The van der Waals surface area contributed by atoms with E-state index in [1.54, 1.807) is 12.0 Å². The van der Waals surface area contributed by atoms with Gasteiger partial charge < -0.3 is 9.64 Å². The number of likely N-dealkylation sites (N-methyl/N-ethyl adjacent to an activating group) is 1. The average Bonchev–Trinajstić information content (AvgIpc) is 2.54. The molecule has 2 aromatic carbocycles. The summed E-state index contributed by atoms with van der Waals surface area (Å²) in [7, 11) is 3.49. The third kappa shape index (κ3) is 3.88. The first-order chi connectivity index (χ1) is 10.5. The molecule has 3 heteroatoms. The van der Waals surface area contributed by atoms with Gasteiger partial charge in [-0.15, -0.1) is 0 Å². The van der Waals surface area contributed by atoms with Crippen LogP contribution in [0, 0.1) is 6.92 Å². The van der Waals surface area contributed by atoms with Crippen LogP contribution in [-0.4, -0.2) is 25.0 Å². The highest BCUT2D eigenvalue weighted by molar-refractivity contribution is 5.79. The molecule has 0 N–H and O–H groups in total. The van der Waals surface area contributed by atoms with Crippen molar-refractivity contribution in [3.63, 3.8) is 0 Å². The van der Waals surface area contributed by atoms with Gasteiger partial charge in [0, 0.05) is 7.05 Å². The van der Waals surface area contributed by atoms with E-state index < -0.39 is 0 Å². The van der Waals surface area contributed by atoms with E-state index in [0.717, 1.165) is 16.9 Å². The van der Waals surface area contributed by atoms with Crippen LogP contribution in [0.5, 0.6) is 5.75 Å². The van der Waals surface area contributed by atoms with E-state index in [4.69, 9.17) is 4.74 Å². The smallest absolute Gasteiger partial charge is 0.227 e. The first kappa shape index (κ1) is 16.1. The Kier molecular flexibility index (Phi) is 5.21. The highest BCUT2D eigenvalue weighted by atomic mass is 16.5. The van der Waals surface area contributed by atoms with Gasteiger partial charge in [0.15, 0.2) is 0 Å². The quantitative estimate of drug-likeness (QED) is 0.841. The molecule has 0 bridgehead atoms. The van der Waals surface area contributed by atoms with Crippen molar-refractivity contribution in [2.75, 3.05) is 14.2 Å². The van der Waals surface area contributed by atoms with Crippen molar-refractivity contribution < 1.29 is 9.53 Å². The highest BCUT2D eigenvalue weighted by Crippen LogP contribution is 2.21. The van der Waals surface area contributed by atoms with Crippen molar-refractivity contribution in [2.45, 2.75) is 26.3 Å². The molecule has 0 aliphatic carbocycles. The van der Waals surface area contributed by atoms with Crippen molar-refractivity contribution in [1.82, 2.24) is 4.90 Å². The SMILES string of the molecule is COc1cccc(CC(=O)N(C)C(C)c2ccc(C)cc2)c1. The molecular formula is C19H23NO2. The number of amides is 1. The van der Waals surface area contributed by atoms with Crippen LogP contribution in [-0.2, 0) is 11.2 Å². The van der Waals surface area contributed by atoms with Crippen molar-refractivity contribution >= 4 is 5.91 Å². The van der Waals surface area contributed by atoms with Crippen molar-refractivity contribution in [3.8, 4) is 5.75 Å². The van der Waals surface area contributed by atoms with Crippen LogP contribution in [0.15, 0.2) is 48.5 Å². The number of carbonyl (C=O) groups is 1. The number of hydrogen-bond donors (Lipinski definition) is 0. The number of aryl methyl sites for hydroxylation is 1. The normalized spacial score (nSPS) is 11.8. The molecule has 0 saturated carbocycles. The molecule has 22 heavy (non-hydrogen) atoms. The van der Waals surface area contributed by atoms with Gasteiger partial charge in [-0.3, -0.25) is 4.79 Å².